The Morgan fingerprint density at radius 2 is 2.25 bits per heavy atom. The van der Waals surface area contributed by atoms with Crippen LogP contribution in [0.3, 0.4) is 0 Å². The highest BCUT2D eigenvalue weighted by molar-refractivity contribution is 5.98. The number of nitrogens with zero attached hydrogens (tertiary/aromatic N) is 2. The second kappa shape index (κ2) is 4.73. The van der Waals surface area contributed by atoms with Gasteiger partial charge in [-0.1, -0.05) is 6.42 Å². The van der Waals surface area contributed by atoms with Crippen LogP contribution < -0.4 is 11.1 Å². The molecule has 1 amide bonds. The van der Waals surface area contributed by atoms with E-state index in [1.54, 1.807) is 0 Å². The molecule has 2 aliphatic rings. The monoisotopic (exact) mass is 276 g/mol. The van der Waals surface area contributed by atoms with Crippen molar-refractivity contribution in [3.8, 4) is 0 Å². The van der Waals surface area contributed by atoms with Crippen molar-refractivity contribution in [2.45, 2.75) is 31.7 Å². The van der Waals surface area contributed by atoms with Gasteiger partial charge in [-0.3, -0.25) is 14.9 Å². The maximum Gasteiger partial charge on any atom is 0.300 e. The molecule has 3 atom stereocenters. The Morgan fingerprint density at radius 1 is 1.45 bits per heavy atom. The zero-order valence-electron chi connectivity index (χ0n) is 10.9. The smallest absolute Gasteiger partial charge is 0.300 e. The van der Waals surface area contributed by atoms with E-state index < -0.39 is 10.8 Å². The average molecular weight is 276 g/mol. The molecular weight excluding hydrogens is 260 g/mol. The van der Waals surface area contributed by atoms with Crippen LogP contribution in [0.5, 0.6) is 0 Å². The van der Waals surface area contributed by atoms with E-state index in [2.05, 4.69) is 10.3 Å². The van der Waals surface area contributed by atoms with E-state index in [-0.39, 0.29) is 23.1 Å². The van der Waals surface area contributed by atoms with Gasteiger partial charge in [0, 0.05) is 6.04 Å². The summed E-state index contributed by atoms with van der Waals surface area (Å²) in [6, 6.07) is 1.40. The minimum absolute atomic E-state index is 0.00901. The molecule has 0 radical (unpaired) electrons. The molecule has 1 aromatic heterocycles. The number of fused-ring (bicyclic) bond motifs is 2. The molecule has 0 aliphatic heterocycles. The van der Waals surface area contributed by atoms with Gasteiger partial charge in [0.25, 0.3) is 11.6 Å². The first kappa shape index (κ1) is 12.8. The first-order valence-electron chi connectivity index (χ1n) is 6.75. The third kappa shape index (κ3) is 2.19. The molecule has 106 valence electrons. The number of amides is 1. The summed E-state index contributed by atoms with van der Waals surface area (Å²) in [5.74, 6) is 0.891. The van der Waals surface area contributed by atoms with Crippen LogP contribution in [0.15, 0.2) is 12.3 Å². The number of hydrogen-bond donors (Lipinski definition) is 2. The highest BCUT2D eigenvalue weighted by Gasteiger charge is 2.40. The van der Waals surface area contributed by atoms with E-state index in [1.807, 2.05) is 0 Å². The summed E-state index contributed by atoms with van der Waals surface area (Å²) in [4.78, 5) is 26.3. The first-order chi connectivity index (χ1) is 9.54. The summed E-state index contributed by atoms with van der Waals surface area (Å²) >= 11 is 0. The molecule has 0 aromatic carbocycles. The number of nitrogen functional groups attached to an aromatic ring is 1. The molecule has 1 aromatic rings. The van der Waals surface area contributed by atoms with Gasteiger partial charge in [0.2, 0.25) is 0 Å². The normalized spacial score (nSPS) is 27.5. The number of nitrogens with one attached hydrogen (secondary N) is 1. The predicted molar refractivity (Wildman–Crippen MR) is 72.0 cm³/mol. The van der Waals surface area contributed by atoms with Crippen molar-refractivity contribution in [1.82, 2.24) is 10.3 Å². The van der Waals surface area contributed by atoms with E-state index >= 15 is 0 Å². The fourth-order valence-electron chi connectivity index (χ4n) is 3.46. The largest absolute Gasteiger partial charge is 0.384 e. The average Bonchev–Trinajstić information content (AvgIpc) is 3.00. The Morgan fingerprint density at radius 3 is 2.85 bits per heavy atom. The molecule has 2 bridgehead atoms. The van der Waals surface area contributed by atoms with Gasteiger partial charge in [-0.25, -0.2) is 4.98 Å². The van der Waals surface area contributed by atoms with Crippen molar-refractivity contribution in [1.29, 1.82) is 0 Å². The number of carbonyl (C=O) groups excluding carboxylic acids is 1. The van der Waals surface area contributed by atoms with E-state index in [0.717, 1.165) is 25.5 Å². The molecular formula is C13H16N4O3. The Balaban J connectivity index is 1.80. The SMILES string of the molecule is Nc1cc(C(=O)NC2CC3CCC2C3)c([N+](=O)[O-])cn1. The van der Waals surface area contributed by atoms with E-state index in [0.29, 0.717) is 11.8 Å². The molecule has 20 heavy (non-hydrogen) atoms. The van der Waals surface area contributed by atoms with E-state index in [1.165, 1.54) is 12.5 Å². The van der Waals surface area contributed by atoms with Crippen molar-refractivity contribution in [3.63, 3.8) is 0 Å². The van der Waals surface area contributed by atoms with Gasteiger partial charge >= 0.3 is 0 Å². The molecule has 2 fully saturated rings. The van der Waals surface area contributed by atoms with Gasteiger partial charge < -0.3 is 11.1 Å². The Hall–Kier alpha value is -2.18. The number of pyridine rings is 1. The van der Waals surface area contributed by atoms with Crippen LogP contribution in [0.1, 0.15) is 36.0 Å². The highest BCUT2D eigenvalue weighted by atomic mass is 16.6. The van der Waals surface area contributed by atoms with Crippen molar-refractivity contribution < 1.29 is 9.72 Å². The number of rotatable bonds is 3. The Labute approximate surface area is 115 Å². The van der Waals surface area contributed by atoms with Crippen LogP contribution in [0.4, 0.5) is 11.5 Å². The Kier molecular flexibility index (Phi) is 3.04. The van der Waals surface area contributed by atoms with Crippen LogP contribution in [0.25, 0.3) is 0 Å². The highest BCUT2D eigenvalue weighted by Crippen LogP contribution is 2.44. The van der Waals surface area contributed by atoms with Crippen molar-refractivity contribution >= 4 is 17.4 Å². The second-order valence-electron chi connectivity index (χ2n) is 5.64. The minimum atomic E-state index is -0.609. The number of aromatic nitrogens is 1. The summed E-state index contributed by atoms with van der Waals surface area (Å²) in [6.07, 6.45) is 5.54. The fraction of sp³-hybridized carbons (Fsp3) is 0.538. The zero-order chi connectivity index (χ0) is 14.3. The van der Waals surface area contributed by atoms with Gasteiger partial charge in [-0.2, -0.15) is 0 Å². The van der Waals surface area contributed by atoms with E-state index in [4.69, 9.17) is 5.73 Å². The van der Waals surface area contributed by atoms with Gasteiger partial charge in [0.1, 0.15) is 17.6 Å². The molecule has 7 heteroatoms. The molecule has 3 unspecified atom stereocenters. The molecule has 2 saturated carbocycles. The minimum Gasteiger partial charge on any atom is -0.384 e. The maximum absolute atomic E-state index is 12.3. The van der Waals surface area contributed by atoms with Crippen LogP contribution >= 0.6 is 0 Å². The van der Waals surface area contributed by atoms with Gasteiger partial charge in [-0.15, -0.1) is 0 Å². The maximum atomic E-state index is 12.3. The van der Waals surface area contributed by atoms with Gasteiger partial charge in [0.15, 0.2) is 0 Å². The van der Waals surface area contributed by atoms with Crippen LogP contribution in [0.2, 0.25) is 0 Å². The molecule has 0 spiro atoms. The van der Waals surface area contributed by atoms with Crippen LogP contribution in [-0.4, -0.2) is 21.9 Å². The lowest BCUT2D eigenvalue weighted by atomic mass is 9.95. The topological polar surface area (TPSA) is 111 Å². The summed E-state index contributed by atoms with van der Waals surface area (Å²) in [6.45, 7) is 0. The lowest BCUT2D eigenvalue weighted by Gasteiger charge is -2.22. The van der Waals surface area contributed by atoms with E-state index in [9.17, 15) is 14.9 Å². The molecule has 3 N–H and O–H groups in total. The lowest BCUT2D eigenvalue weighted by Crippen LogP contribution is -2.38. The van der Waals surface area contributed by atoms with Crippen molar-refractivity contribution in [2.75, 3.05) is 5.73 Å². The molecule has 1 heterocycles. The van der Waals surface area contributed by atoms with Crippen molar-refractivity contribution in [2.24, 2.45) is 11.8 Å². The van der Waals surface area contributed by atoms with Gasteiger partial charge in [-0.05, 0) is 37.2 Å². The zero-order valence-corrected chi connectivity index (χ0v) is 10.9. The summed E-state index contributed by atoms with van der Waals surface area (Å²) in [5.41, 5.74) is 5.21. The van der Waals surface area contributed by atoms with Gasteiger partial charge in [0.05, 0.1) is 4.92 Å². The third-order valence-electron chi connectivity index (χ3n) is 4.40. The Bertz CT molecular complexity index is 575. The molecule has 7 nitrogen and oxygen atoms in total. The summed E-state index contributed by atoms with van der Waals surface area (Å²) < 4.78 is 0. The number of nitro groups is 1. The quantitative estimate of drug-likeness (QED) is 0.641. The standard InChI is InChI=1S/C13H16N4O3/c14-12-5-9(11(6-15-12)17(19)20)13(18)16-10-4-7-1-2-8(10)3-7/h5-8,10H,1-4H2,(H2,14,15)(H,16,18). The number of carbonyl (C=O) groups is 1. The number of nitrogens with two attached hydrogens (primary N) is 1. The van der Waals surface area contributed by atoms with Crippen LogP contribution in [-0.2, 0) is 0 Å². The third-order valence-corrected chi connectivity index (χ3v) is 4.40. The predicted octanol–water partition coefficient (Wildman–Crippen LogP) is 1.49. The number of anilines is 1. The summed E-state index contributed by atoms with van der Waals surface area (Å²) in [7, 11) is 0. The second-order valence-corrected chi connectivity index (χ2v) is 5.64. The van der Waals surface area contributed by atoms with Crippen molar-refractivity contribution in [3.05, 3.63) is 27.9 Å². The lowest BCUT2D eigenvalue weighted by molar-refractivity contribution is -0.385. The van der Waals surface area contributed by atoms with Crippen LogP contribution in [0, 0.1) is 22.0 Å². The number of hydrogen-bond acceptors (Lipinski definition) is 5. The fourth-order valence-corrected chi connectivity index (χ4v) is 3.46. The molecule has 2 aliphatic carbocycles. The molecule has 3 rings (SSSR count). The summed E-state index contributed by atoms with van der Waals surface area (Å²) in [5, 5.41) is 13.9. The molecule has 0 saturated heterocycles. The first-order valence-corrected chi connectivity index (χ1v) is 6.75.